The second-order valence-electron chi connectivity index (χ2n) is 3.55. The Morgan fingerprint density at radius 2 is 2.23 bits per heavy atom. The summed E-state index contributed by atoms with van der Waals surface area (Å²) in [7, 11) is 0. The number of rotatable bonds is 0. The molecule has 0 amide bonds. The summed E-state index contributed by atoms with van der Waals surface area (Å²) in [6.45, 7) is 1.90. The fraction of sp³-hybridized carbons (Fsp3) is 0.500. The zero-order valence-corrected chi connectivity index (χ0v) is 7.49. The van der Waals surface area contributed by atoms with Gasteiger partial charge in [0.2, 0.25) is 0 Å². The summed E-state index contributed by atoms with van der Waals surface area (Å²) in [5.41, 5.74) is 0.776. The first-order valence-electron chi connectivity index (χ1n) is 4.45. The van der Waals surface area contributed by atoms with E-state index >= 15 is 0 Å². The molecule has 0 aromatic heterocycles. The highest BCUT2D eigenvalue weighted by molar-refractivity contribution is 5.92. The third-order valence-electron chi connectivity index (χ3n) is 2.39. The minimum Gasteiger partial charge on any atom is -0.512 e. The number of hydrogen-bond donors (Lipinski definition) is 1. The molecule has 1 unspecified atom stereocenters. The molecular formula is C10H12O3. The zero-order chi connectivity index (χ0) is 9.42. The molecule has 70 valence electrons. The van der Waals surface area contributed by atoms with Gasteiger partial charge in [-0.2, -0.15) is 0 Å². The first kappa shape index (κ1) is 8.51. The number of fused-ring (bicyclic) bond motifs is 1. The van der Waals surface area contributed by atoms with Crippen LogP contribution in [0, 0.1) is 0 Å². The van der Waals surface area contributed by atoms with Gasteiger partial charge in [-0.15, -0.1) is 0 Å². The van der Waals surface area contributed by atoms with Crippen molar-refractivity contribution in [2.24, 2.45) is 0 Å². The van der Waals surface area contributed by atoms with E-state index in [9.17, 15) is 9.90 Å². The van der Waals surface area contributed by atoms with Gasteiger partial charge in [0.05, 0.1) is 12.2 Å². The standard InChI is InChI=1S/C10H12O3/c1-6-4-9(12)8-3-2-7(11)5-10(8)13-6/h2-3,6,10,12H,4-5H2,1H3/t6-,10?/m1/s1. The first-order chi connectivity index (χ1) is 6.16. The van der Waals surface area contributed by atoms with E-state index in [4.69, 9.17) is 4.74 Å². The van der Waals surface area contributed by atoms with Crippen molar-refractivity contribution in [2.45, 2.75) is 32.0 Å². The molecule has 2 atom stereocenters. The van der Waals surface area contributed by atoms with Crippen LogP contribution in [0.25, 0.3) is 0 Å². The number of ether oxygens (including phenoxy) is 1. The Labute approximate surface area is 76.7 Å². The van der Waals surface area contributed by atoms with Crippen LogP contribution in [0.3, 0.4) is 0 Å². The Balaban J connectivity index is 2.33. The average Bonchev–Trinajstić information content (AvgIpc) is 2.02. The fourth-order valence-corrected chi connectivity index (χ4v) is 1.77. The molecule has 1 aliphatic heterocycles. The average molecular weight is 180 g/mol. The molecule has 0 spiro atoms. The molecule has 0 radical (unpaired) electrons. The molecule has 0 saturated heterocycles. The van der Waals surface area contributed by atoms with Crippen molar-refractivity contribution in [1.82, 2.24) is 0 Å². The highest BCUT2D eigenvalue weighted by atomic mass is 16.5. The van der Waals surface area contributed by atoms with Gasteiger partial charge in [-0.05, 0) is 19.1 Å². The van der Waals surface area contributed by atoms with Gasteiger partial charge in [-0.1, -0.05) is 0 Å². The summed E-state index contributed by atoms with van der Waals surface area (Å²) >= 11 is 0. The van der Waals surface area contributed by atoms with E-state index in [0.29, 0.717) is 18.6 Å². The molecule has 0 bridgehead atoms. The topological polar surface area (TPSA) is 46.5 Å². The highest BCUT2D eigenvalue weighted by Gasteiger charge is 2.29. The van der Waals surface area contributed by atoms with E-state index in [1.165, 1.54) is 6.08 Å². The first-order valence-corrected chi connectivity index (χ1v) is 4.45. The van der Waals surface area contributed by atoms with Crippen LogP contribution in [0.4, 0.5) is 0 Å². The van der Waals surface area contributed by atoms with Crippen molar-refractivity contribution in [3.05, 3.63) is 23.5 Å². The molecule has 1 heterocycles. The molecule has 2 rings (SSSR count). The third-order valence-corrected chi connectivity index (χ3v) is 2.39. The van der Waals surface area contributed by atoms with Crippen LogP contribution in [0.1, 0.15) is 19.8 Å². The van der Waals surface area contributed by atoms with Gasteiger partial charge in [0, 0.05) is 18.4 Å². The second kappa shape index (κ2) is 3.00. The molecule has 1 N–H and O–H groups in total. The van der Waals surface area contributed by atoms with E-state index in [1.807, 2.05) is 6.92 Å². The predicted molar refractivity (Wildman–Crippen MR) is 47.4 cm³/mol. The van der Waals surface area contributed by atoms with Gasteiger partial charge in [0.15, 0.2) is 5.78 Å². The molecule has 0 fully saturated rings. The second-order valence-corrected chi connectivity index (χ2v) is 3.55. The predicted octanol–water partition coefficient (Wildman–Crippen LogP) is 1.50. The molecule has 2 aliphatic rings. The smallest absolute Gasteiger partial charge is 0.158 e. The monoisotopic (exact) mass is 180 g/mol. The van der Waals surface area contributed by atoms with Gasteiger partial charge in [0.25, 0.3) is 0 Å². The van der Waals surface area contributed by atoms with Crippen LogP contribution < -0.4 is 0 Å². The van der Waals surface area contributed by atoms with Crippen LogP contribution in [0.2, 0.25) is 0 Å². The lowest BCUT2D eigenvalue weighted by molar-refractivity contribution is -0.118. The molecule has 1 aliphatic carbocycles. The molecule has 3 heteroatoms. The number of aliphatic hydroxyl groups is 1. The largest absolute Gasteiger partial charge is 0.512 e. The van der Waals surface area contributed by atoms with E-state index in [2.05, 4.69) is 0 Å². The summed E-state index contributed by atoms with van der Waals surface area (Å²) in [5, 5.41) is 9.60. The quantitative estimate of drug-likeness (QED) is 0.614. The lowest BCUT2D eigenvalue weighted by Gasteiger charge is -2.30. The van der Waals surface area contributed by atoms with E-state index in [0.717, 1.165) is 5.57 Å². The van der Waals surface area contributed by atoms with Crippen molar-refractivity contribution in [2.75, 3.05) is 0 Å². The fourth-order valence-electron chi connectivity index (χ4n) is 1.77. The van der Waals surface area contributed by atoms with Crippen LogP contribution in [-0.4, -0.2) is 23.1 Å². The lowest BCUT2D eigenvalue weighted by Crippen LogP contribution is -2.31. The molecule has 3 nitrogen and oxygen atoms in total. The lowest BCUT2D eigenvalue weighted by atomic mass is 9.92. The number of carbonyl (C=O) groups excluding carboxylic acids is 1. The number of ketones is 1. The Hall–Kier alpha value is -1.09. The van der Waals surface area contributed by atoms with E-state index < -0.39 is 0 Å². The van der Waals surface area contributed by atoms with Crippen LogP contribution >= 0.6 is 0 Å². The number of allylic oxidation sites excluding steroid dienone is 1. The normalized spacial score (nSPS) is 33.5. The Morgan fingerprint density at radius 1 is 1.46 bits per heavy atom. The summed E-state index contributed by atoms with van der Waals surface area (Å²) in [4.78, 5) is 11.1. The van der Waals surface area contributed by atoms with E-state index in [-0.39, 0.29) is 18.0 Å². The molecular weight excluding hydrogens is 168 g/mol. The highest BCUT2D eigenvalue weighted by Crippen LogP contribution is 2.29. The molecule has 0 aromatic rings. The van der Waals surface area contributed by atoms with Crippen LogP contribution in [-0.2, 0) is 9.53 Å². The maximum absolute atomic E-state index is 11.1. The van der Waals surface area contributed by atoms with E-state index in [1.54, 1.807) is 6.08 Å². The summed E-state index contributed by atoms with van der Waals surface area (Å²) in [6.07, 6.45) is 3.86. The summed E-state index contributed by atoms with van der Waals surface area (Å²) < 4.78 is 5.54. The molecule has 0 aromatic carbocycles. The van der Waals surface area contributed by atoms with Gasteiger partial charge >= 0.3 is 0 Å². The number of hydrogen-bond acceptors (Lipinski definition) is 3. The van der Waals surface area contributed by atoms with Gasteiger partial charge in [-0.3, -0.25) is 4.79 Å². The minimum absolute atomic E-state index is 0.00745. The van der Waals surface area contributed by atoms with Gasteiger partial charge in [0.1, 0.15) is 5.76 Å². The Bertz CT molecular complexity index is 301. The maximum atomic E-state index is 11.1. The van der Waals surface area contributed by atoms with Crippen LogP contribution in [0.15, 0.2) is 23.5 Å². The summed E-state index contributed by atoms with van der Waals surface area (Å²) in [5.74, 6) is 0.433. The number of carbonyl (C=O) groups is 1. The zero-order valence-electron chi connectivity index (χ0n) is 7.49. The van der Waals surface area contributed by atoms with Crippen LogP contribution in [0.5, 0.6) is 0 Å². The Kier molecular flexibility index (Phi) is 1.96. The number of aliphatic hydroxyl groups excluding tert-OH is 1. The van der Waals surface area contributed by atoms with Crippen molar-refractivity contribution in [1.29, 1.82) is 0 Å². The van der Waals surface area contributed by atoms with Gasteiger partial charge in [-0.25, -0.2) is 0 Å². The molecule has 13 heavy (non-hydrogen) atoms. The van der Waals surface area contributed by atoms with Crippen molar-refractivity contribution < 1.29 is 14.6 Å². The third kappa shape index (κ3) is 1.52. The Morgan fingerprint density at radius 3 is 3.00 bits per heavy atom. The van der Waals surface area contributed by atoms with Crippen molar-refractivity contribution in [3.63, 3.8) is 0 Å². The molecule has 0 saturated carbocycles. The van der Waals surface area contributed by atoms with Crippen molar-refractivity contribution in [3.8, 4) is 0 Å². The van der Waals surface area contributed by atoms with Gasteiger partial charge < -0.3 is 9.84 Å². The SMILES string of the molecule is C[C@@H]1CC(O)=C2C=CC(=O)CC2O1. The van der Waals surface area contributed by atoms with Crippen molar-refractivity contribution >= 4 is 5.78 Å². The maximum Gasteiger partial charge on any atom is 0.158 e. The summed E-state index contributed by atoms with van der Waals surface area (Å²) in [6, 6.07) is 0. The minimum atomic E-state index is -0.221.